The Labute approximate surface area is 172 Å². The fourth-order valence-electron chi connectivity index (χ4n) is 3.66. The molecule has 1 atom stereocenters. The monoisotopic (exact) mass is 420 g/mol. The number of hydrogen-bond acceptors (Lipinski definition) is 7. The van der Waals surface area contributed by atoms with Gasteiger partial charge in [0.05, 0.1) is 17.6 Å². The lowest BCUT2D eigenvalue weighted by molar-refractivity contribution is -0.385. The number of esters is 1. The summed E-state index contributed by atoms with van der Waals surface area (Å²) in [6.45, 7) is 6.58. The number of fused-ring (bicyclic) bond motifs is 1. The van der Waals surface area contributed by atoms with Gasteiger partial charge in [-0.2, -0.15) is 5.10 Å². The average molecular weight is 420 g/mol. The van der Waals surface area contributed by atoms with E-state index in [1.165, 1.54) is 36.4 Å². The second-order valence-electron chi connectivity index (χ2n) is 8.25. The lowest BCUT2D eigenvalue weighted by Gasteiger charge is -2.33. The first kappa shape index (κ1) is 21.0. The molecular formula is C19H24N4O5S. The minimum atomic E-state index is -0.728. The van der Waals surface area contributed by atoms with Crippen molar-refractivity contribution in [3.63, 3.8) is 0 Å². The zero-order valence-corrected chi connectivity index (χ0v) is 17.9. The molecule has 0 aliphatic heterocycles. The number of nitrogens with one attached hydrogen (secondary N) is 1. The van der Waals surface area contributed by atoms with Crippen molar-refractivity contribution >= 4 is 33.9 Å². The van der Waals surface area contributed by atoms with Crippen molar-refractivity contribution in [1.29, 1.82) is 0 Å². The Morgan fingerprint density at radius 3 is 2.69 bits per heavy atom. The van der Waals surface area contributed by atoms with Gasteiger partial charge in [0.2, 0.25) is 5.69 Å². The summed E-state index contributed by atoms with van der Waals surface area (Å²) in [5.41, 5.74) is 0.677. The average Bonchev–Trinajstić information content (AvgIpc) is 3.20. The lowest BCUT2D eigenvalue weighted by Crippen LogP contribution is -2.26. The van der Waals surface area contributed by atoms with Gasteiger partial charge < -0.3 is 10.1 Å². The van der Waals surface area contributed by atoms with E-state index in [9.17, 15) is 19.7 Å². The van der Waals surface area contributed by atoms with Gasteiger partial charge in [-0.15, -0.1) is 11.3 Å². The predicted molar refractivity (Wildman–Crippen MR) is 108 cm³/mol. The number of nitro groups is 1. The number of ether oxygens (including phenoxy) is 1. The van der Waals surface area contributed by atoms with Crippen LogP contribution in [0.2, 0.25) is 0 Å². The third kappa shape index (κ3) is 4.02. The SMILES string of the molecule is COC(=O)c1c(NC(=O)c2nn(C)cc2[N+](=O)[O-])sc2c1CC[C@@H](C(C)(C)C)C2. The molecule has 1 aliphatic carbocycles. The first-order valence-corrected chi connectivity index (χ1v) is 10.1. The number of nitrogens with zero attached hydrogens (tertiary/aromatic N) is 3. The van der Waals surface area contributed by atoms with Gasteiger partial charge in [0.25, 0.3) is 5.91 Å². The molecule has 2 heterocycles. The minimum Gasteiger partial charge on any atom is -0.465 e. The van der Waals surface area contributed by atoms with Crippen molar-refractivity contribution in [2.75, 3.05) is 12.4 Å². The fourth-order valence-corrected chi connectivity index (χ4v) is 4.98. The van der Waals surface area contributed by atoms with E-state index in [1.54, 1.807) is 0 Å². The molecule has 10 heteroatoms. The molecule has 1 N–H and O–H groups in total. The summed E-state index contributed by atoms with van der Waals surface area (Å²) >= 11 is 1.33. The van der Waals surface area contributed by atoms with Crippen LogP contribution in [0.1, 0.15) is 58.5 Å². The molecule has 2 aromatic heterocycles. The van der Waals surface area contributed by atoms with E-state index < -0.39 is 22.5 Å². The molecule has 0 unspecified atom stereocenters. The van der Waals surface area contributed by atoms with Crippen molar-refractivity contribution in [3.05, 3.63) is 38.0 Å². The zero-order valence-electron chi connectivity index (χ0n) is 17.1. The van der Waals surface area contributed by atoms with Crippen molar-refractivity contribution in [2.45, 2.75) is 40.0 Å². The molecule has 2 aromatic rings. The van der Waals surface area contributed by atoms with E-state index in [-0.39, 0.29) is 11.1 Å². The Hall–Kier alpha value is -2.75. The van der Waals surface area contributed by atoms with E-state index in [0.717, 1.165) is 29.7 Å². The molecule has 0 saturated heterocycles. The number of aromatic nitrogens is 2. The van der Waals surface area contributed by atoms with Crippen LogP contribution in [0, 0.1) is 21.4 Å². The van der Waals surface area contributed by atoms with E-state index in [4.69, 9.17) is 4.74 Å². The van der Waals surface area contributed by atoms with Crippen LogP contribution >= 0.6 is 11.3 Å². The summed E-state index contributed by atoms with van der Waals surface area (Å²) < 4.78 is 6.15. The summed E-state index contributed by atoms with van der Waals surface area (Å²) in [5, 5.41) is 18.1. The topological polar surface area (TPSA) is 116 Å². The number of thiophene rings is 1. The Morgan fingerprint density at radius 2 is 2.10 bits per heavy atom. The number of carbonyl (C=O) groups excluding carboxylic acids is 2. The standard InChI is InChI=1S/C19H24N4O5S/c1-19(2,3)10-6-7-11-13(8-10)29-17(14(11)18(25)28-5)20-16(24)15-12(23(26)27)9-22(4)21-15/h9-10H,6-8H2,1-5H3,(H,20,24)/t10-/m1/s1. The van der Waals surface area contributed by atoms with Crippen molar-refractivity contribution in [3.8, 4) is 0 Å². The summed E-state index contributed by atoms with van der Waals surface area (Å²) in [6, 6.07) is 0. The van der Waals surface area contributed by atoms with Gasteiger partial charge >= 0.3 is 11.7 Å². The molecule has 0 fully saturated rings. The van der Waals surface area contributed by atoms with Crippen molar-refractivity contribution in [1.82, 2.24) is 9.78 Å². The van der Waals surface area contributed by atoms with Crippen LogP contribution in [0.5, 0.6) is 0 Å². The van der Waals surface area contributed by atoms with E-state index in [1.807, 2.05) is 0 Å². The molecule has 156 valence electrons. The zero-order chi connectivity index (χ0) is 21.5. The molecule has 1 aliphatic rings. The molecule has 29 heavy (non-hydrogen) atoms. The number of anilines is 1. The van der Waals surface area contributed by atoms with E-state index in [0.29, 0.717) is 16.5 Å². The van der Waals surface area contributed by atoms with Gasteiger partial charge in [-0.25, -0.2) is 4.79 Å². The van der Waals surface area contributed by atoms with Gasteiger partial charge in [0.15, 0.2) is 0 Å². The van der Waals surface area contributed by atoms with Gasteiger partial charge in [-0.05, 0) is 36.2 Å². The molecular weight excluding hydrogens is 396 g/mol. The maximum atomic E-state index is 12.7. The molecule has 0 saturated carbocycles. The molecule has 0 bridgehead atoms. The van der Waals surface area contributed by atoms with Crippen LogP contribution in [0.3, 0.4) is 0 Å². The summed E-state index contributed by atoms with van der Waals surface area (Å²) in [4.78, 5) is 36.8. The van der Waals surface area contributed by atoms with Crippen LogP contribution in [0.25, 0.3) is 0 Å². The largest absolute Gasteiger partial charge is 0.465 e. The number of hydrogen-bond donors (Lipinski definition) is 1. The smallest absolute Gasteiger partial charge is 0.341 e. The third-order valence-corrected chi connectivity index (χ3v) is 6.50. The van der Waals surface area contributed by atoms with Gasteiger partial charge in [0, 0.05) is 11.9 Å². The maximum Gasteiger partial charge on any atom is 0.341 e. The van der Waals surface area contributed by atoms with Gasteiger partial charge in [0.1, 0.15) is 11.2 Å². The Kier molecular flexibility index (Phi) is 5.48. The van der Waals surface area contributed by atoms with Crippen LogP contribution < -0.4 is 5.32 Å². The second-order valence-corrected chi connectivity index (χ2v) is 9.36. The van der Waals surface area contributed by atoms with Gasteiger partial charge in [-0.3, -0.25) is 19.6 Å². The first-order valence-electron chi connectivity index (χ1n) is 9.25. The molecule has 1 amide bonds. The minimum absolute atomic E-state index is 0.130. The predicted octanol–water partition coefficient (Wildman–Crippen LogP) is 3.58. The molecule has 9 nitrogen and oxygen atoms in total. The highest BCUT2D eigenvalue weighted by Gasteiger charge is 2.35. The van der Waals surface area contributed by atoms with Crippen LogP contribution in [-0.2, 0) is 24.6 Å². The quantitative estimate of drug-likeness (QED) is 0.459. The highest BCUT2D eigenvalue weighted by molar-refractivity contribution is 7.17. The fraction of sp³-hybridized carbons (Fsp3) is 0.526. The third-order valence-electron chi connectivity index (χ3n) is 5.33. The van der Waals surface area contributed by atoms with Gasteiger partial charge in [-0.1, -0.05) is 20.8 Å². The number of aryl methyl sites for hydroxylation is 1. The summed E-state index contributed by atoms with van der Waals surface area (Å²) in [5.74, 6) is -0.796. The van der Waals surface area contributed by atoms with Crippen molar-refractivity contribution < 1.29 is 19.2 Å². The van der Waals surface area contributed by atoms with Crippen molar-refractivity contribution in [2.24, 2.45) is 18.4 Å². The Morgan fingerprint density at radius 1 is 1.41 bits per heavy atom. The number of carbonyl (C=O) groups is 2. The molecule has 3 rings (SSSR count). The second kappa shape index (κ2) is 7.58. The van der Waals surface area contributed by atoms with E-state index >= 15 is 0 Å². The van der Waals surface area contributed by atoms with E-state index in [2.05, 4.69) is 31.2 Å². The Balaban J connectivity index is 1.98. The highest BCUT2D eigenvalue weighted by Crippen LogP contribution is 2.44. The van der Waals surface area contributed by atoms with Crippen LogP contribution in [0.4, 0.5) is 10.7 Å². The number of rotatable bonds is 4. The molecule has 0 radical (unpaired) electrons. The molecule has 0 spiro atoms. The molecule has 0 aromatic carbocycles. The lowest BCUT2D eigenvalue weighted by atomic mass is 9.72. The summed E-state index contributed by atoms with van der Waals surface area (Å²) in [7, 11) is 2.79. The maximum absolute atomic E-state index is 12.7. The number of methoxy groups -OCH3 is 1. The normalized spacial score (nSPS) is 16.2. The van der Waals surface area contributed by atoms with Crippen LogP contribution in [0.15, 0.2) is 6.20 Å². The van der Waals surface area contributed by atoms with Crippen LogP contribution in [-0.4, -0.2) is 33.7 Å². The first-order chi connectivity index (χ1) is 13.5. The number of amides is 1. The highest BCUT2D eigenvalue weighted by atomic mass is 32.1. The Bertz CT molecular complexity index is 986. The summed E-state index contributed by atoms with van der Waals surface area (Å²) in [6.07, 6.45) is 3.64.